The second-order valence-electron chi connectivity index (χ2n) is 6.71. The summed E-state index contributed by atoms with van der Waals surface area (Å²) in [5, 5.41) is 0. The van der Waals surface area contributed by atoms with Gasteiger partial charge in [0.15, 0.2) is 0 Å². The fourth-order valence-corrected chi connectivity index (χ4v) is 3.72. The quantitative estimate of drug-likeness (QED) is 0.836. The zero-order valence-electron chi connectivity index (χ0n) is 13.4. The van der Waals surface area contributed by atoms with Gasteiger partial charge in [-0.05, 0) is 30.0 Å². The Morgan fingerprint density at radius 2 is 2.10 bits per heavy atom. The highest BCUT2D eigenvalue weighted by molar-refractivity contribution is 5.80. The molecule has 0 bridgehead atoms. The number of allylic oxidation sites excluding steroid dienone is 1. The Labute approximate surface area is 127 Å². The molecule has 3 rings (SSSR count). The number of carbonyl (C=O) groups is 1. The lowest BCUT2D eigenvalue weighted by Gasteiger charge is -2.33. The molecule has 1 aromatic carbocycles. The summed E-state index contributed by atoms with van der Waals surface area (Å²) in [7, 11) is 0. The number of rotatable bonds is 4. The second-order valence-corrected chi connectivity index (χ2v) is 6.71. The Morgan fingerprint density at radius 1 is 1.33 bits per heavy atom. The predicted octanol–water partition coefficient (Wildman–Crippen LogP) is 3.88. The number of hydrogen-bond donors (Lipinski definition) is 0. The molecule has 0 radical (unpaired) electrons. The fourth-order valence-electron chi connectivity index (χ4n) is 3.72. The lowest BCUT2D eigenvalue weighted by Crippen LogP contribution is -2.36. The van der Waals surface area contributed by atoms with Gasteiger partial charge in [-0.15, -0.1) is 0 Å². The van der Waals surface area contributed by atoms with Crippen LogP contribution in [-0.4, -0.2) is 30.3 Å². The average molecular weight is 283 g/mol. The summed E-state index contributed by atoms with van der Waals surface area (Å²) in [4.78, 5) is 14.3. The zero-order valence-corrected chi connectivity index (χ0v) is 13.4. The molecular formula is C19H25NO. The van der Waals surface area contributed by atoms with E-state index in [2.05, 4.69) is 36.1 Å². The summed E-state index contributed by atoms with van der Waals surface area (Å²) in [5.74, 6) is 1.11. The number of likely N-dealkylation sites (tertiary alicyclic amines) is 1. The number of hydrogen-bond acceptors (Lipinski definition) is 2. The standard InChI is InChI=1S/C19H25NO/c1-13(2)19(21)9-11-20-10-8-16-14(3)15-6-4-5-7-17(15)18(16)12-20/h4-7,13,18H,8-12H2,1-3H3. The topological polar surface area (TPSA) is 20.3 Å². The van der Waals surface area contributed by atoms with Crippen LogP contribution < -0.4 is 0 Å². The maximum Gasteiger partial charge on any atom is 0.136 e. The van der Waals surface area contributed by atoms with Crippen LogP contribution in [0.15, 0.2) is 29.8 Å². The lowest BCUT2D eigenvalue weighted by atomic mass is 9.89. The average Bonchev–Trinajstić information content (AvgIpc) is 2.78. The van der Waals surface area contributed by atoms with Crippen molar-refractivity contribution in [2.75, 3.05) is 19.6 Å². The van der Waals surface area contributed by atoms with E-state index in [9.17, 15) is 4.79 Å². The predicted molar refractivity (Wildman–Crippen MR) is 87.3 cm³/mol. The van der Waals surface area contributed by atoms with Crippen molar-refractivity contribution < 1.29 is 4.79 Å². The molecule has 2 heteroatoms. The summed E-state index contributed by atoms with van der Waals surface area (Å²) < 4.78 is 0. The van der Waals surface area contributed by atoms with E-state index >= 15 is 0 Å². The van der Waals surface area contributed by atoms with Crippen molar-refractivity contribution in [2.24, 2.45) is 5.92 Å². The number of nitrogens with zero attached hydrogens (tertiary/aromatic N) is 1. The molecule has 0 saturated carbocycles. The molecule has 112 valence electrons. The first-order chi connectivity index (χ1) is 10.1. The molecule has 0 amide bonds. The SMILES string of the molecule is CC1=C2CCN(CCC(=O)C(C)C)CC2c2ccccc21. The van der Waals surface area contributed by atoms with E-state index in [1.165, 1.54) is 16.7 Å². The minimum atomic E-state index is 0.166. The largest absolute Gasteiger partial charge is 0.302 e. The molecule has 0 aromatic heterocycles. The molecule has 1 aliphatic heterocycles. The zero-order chi connectivity index (χ0) is 15.0. The minimum absolute atomic E-state index is 0.166. The van der Waals surface area contributed by atoms with Gasteiger partial charge in [-0.25, -0.2) is 0 Å². The van der Waals surface area contributed by atoms with Crippen LogP contribution in [0.2, 0.25) is 0 Å². The number of carbonyl (C=O) groups excluding carboxylic acids is 1. The number of ketones is 1. The van der Waals surface area contributed by atoms with Crippen LogP contribution in [0.25, 0.3) is 5.57 Å². The summed E-state index contributed by atoms with van der Waals surface area (Å²) >= 11 is 0. The normalized spacial score (nSPS) is 21.6. The first-order valence-corrected chi connectivity index (χ1v) is 8.12. The number of fused-ring (bicyclic) bond motifs is 3. The van der Waals surface area contributed by atoms with E-state index in [1.807, 2.05) is 13.8 Å². The molecule has 2 aliphatic rings. The first-order valence-electron chi connectivity index (χ1n) is 8.12. The van der Waals surface area contributed by atoms with Gasteiger partial charge in [0.25, 0.3) is 0 Å². The Balaban J connectivity index is 1.70. The second kappa shape index (κ2) is 5.76. The Morgan fingerprint density at radius 3 is 2.86 bits per heavy atom. The molecule has 2 nitrogen and oxygen atoms in total. The van der Waals surface area contributed by atoms with Crippen molar-refractivity contribution in [3.8, 4) is 0 Å². The monoisotopic (exact) mass is 283 g/mol. The summed E-state index contributed by atoms with van der Waals surface area (Å²) in [6.45, 7) is 9.36. The van der Waals surface area contributed by atoms with Gasteiger partial charge < -0.3 is 4.90 Å². The summed E-state index contributed by atoms with van der Waals surface area (Å²) in [6.07, 6.45) is 1.85. The molecule has 1 atom stereocenters. The van der Waals surface area contributed by atoms with Crippen molar-refractivity contribution in [1.82, 2.24) is 4.90 Å². The van der Waals surface area contributed by atoms with Crippen LogP contribution in [-0.2, 0) is 4.79 Å². The van der Waals surface area contributed by atoms with Crippen molar-refractivity contribution in [1.29, 1.82) is 0 Å². The van der Waals surface area contributed by atoms with Crippen LogP contribution in [0.5, 0.6) is 0 Å². The summed E-state index contributed by atoms with van der Waals surface area (Å²) in [6, 6.07) is 8.82. The van der Waals surface area contributed by atoms with Crippen LogP contribution in [0, 0.1) is 5.92 Å². The number of Topliss-reactive ketones (excluding diaryl/α,β-unsaturated/α-hetero) is 1. The van der Waals surface area contributed by atoms with Crippen molar-refractivity contribution >= 4 is 11.4 Å². The molecule has 1 fully saturated rings. The van der Waals surface area contributed by atoms with E-state index < -0.39 is 0 Å². The van der Waals surface area contributed by atoms with Gasteiger partial charge in [0.05, 0.1) is 0 Å². The van der Waals surface area contributed by atoms with E-state index in [0.717, 1.165) is 26.1 Å². The van der Waals surface area contributed by atoms with Gasteiger partial charge >= 0.3 is 0 Å². The van der Waals surface area contributed by atoms with Crippen LogP contribution in [0.4, 0.5) is 0 Å². The highest BCUT2D eigenvalue weighted by atomic mass is 16.1. The maximum atomic E-state index is 11.8. The highest BCUT2D eigenvalue weighted by Gasteiger charge is 2.33. The van der Waals surface area contributed by atoms with E-state index in [0.29, 0.717) is 18.1 Å². The Bertz CT molecular complexity index is 585. The van der Waals surface area contributed by atoms with Crippen molar-refractivity contribution in [3.05, 3.63) is 41.0 Å². The summed E-state index contributed by atoms with van der Waals surface area (Å²) in [5.41, 5.74) is 6.05. The van der Waals surface area contributed by atoms with Crippen molar-refractivity contribution in [3.63, 3.8) is 0 Å². The van der Waals surface area contributed by atoms with Gasteiger partial charge in [-0.1, -0.05) is 43.7 Å². The number of piperidine rings is 1. The van der Waals surface area contributed by atoms with Gasteiger partial charge in [-0.2, -0.15) is 0 Å². The van der Waals surface area contributed by atoms with Gasteiger partial charge in [0.1, 0.15) is 5.78 Å². The third kappa shape index (κ3) is 2.69. The van der Waals surface area contributed by atoms with E-state index in [-0.39, 0.29) is 5.92 Å². The molecule has 1 saturated heterocycles. The lowest BCUT2D eigenvalue weighted by molar-refractivity contribution is -0.122. The fraction of sp³-hybridized carbons (Fsp3) is 0.526. The molecule has 1 aliphatic carbocycles. The molecule has 1 heterocycles. The van der Waals surface area contributed by atoms with Crippen LogP contribution in [0.3, 0.4) is 0 Å². The van der Waals surface area contributed by atoms with E-state index in [1.54, 1.807) is 5.57 Å². The first kappa shape index (κ1) is 14.5. The van der Waals surface area contributed by atoms with Gasteiger partial charge in [0.2, 0.25) is 0 Å². The number of benzene rings is 1. The molecule has 1 unspecified atom stereocenters. The van der Waals surface area contributed by atoms with Gasteiger partial charge in [-0.3, -0.25) is 4.79 Å². The third-order valence-corrected chi connectivity index (χ3v) is 5.10. The molecule has 21 heavy (non-hydrogen) atoms. The molecule has 0 N–H and O–H groups in total. The molecular weight excluding hydrogens is 258 g/mol. The molecule has 1 aromatic rings. The maximum absolute atomic E-state index is 11.8. The van der Waals surface area contributed by atoms with Crippen LogP contribution in [0.1, 0.15) is 50.7 Å². The van der Waals surface area contributed by atoms with E-state index in [4.69, 9.17) is 0 Å². The van der Waals surface area contributed by atoms with Crippen LogP contribution >= 0.6 is 0 Å². The molecule has 0 spiro atoms. The Kier molecular flexibility index (Phi) is 3.99. The highest BCUT2D eigenvalue weighted by Crippen LogP contribution is 2.45. The van der Waals surface area contributed by atoms with Crippen molar-refractivity contribution in [2.45, 2.75) is 39.5 Å². The smallest absolute Gasteiger partial charge is 0.136 e. The minimum Gasteiger partial charge on any atom is -0.302 e. The van der Waals surface area contributed by atoms with Gasteiger partial charge in [0, 0.05) is 37.9 Å². The Hall–Kier alpha value is -1.41. The third-order valence-electron chi connectivity index (χ3n) is 5.10.